The number of nitrogens with zero attached hydrogens (tertiary/aromatic N) is 2. The van der Waals surface area contributed by atoms with Crippen LogP contribution in [-0.2, 0) is 4.79 Å². The van der Waals surface area contributed by atoms with E-state index in [2.05, 4.69) is 10.3 Å². The van der Waals surface area contributed by atoms with Crippen molar-refractivity contribution >= 4 is 28.7 Å². The lowest BCUT2D eigenvalue weighted by Gasteiger charge is -2.08. The monoisotopic (exact) mass is 347 g/mol. The van der Waals surface area contributed by atoms with Gasteiger partial charge in [-0.25, -0.2) is 4.98 Å². The van der Waals surface area contributed by atoms with E-state index in [0.29, 0.717) is 10.7 Å². The van der Waals surface area contributed by atoms with Crippen molar-refractivity contribution < 1.29 is 9.59 Å². The molecule has 1 N–H and O–H groups in total. The molecule has 0 aliphatic rings. The Morgan fingerprint density at radius 3 is 2.32 bits per heavy atom. The van der Waals surface area contributed by atoms with E-state index in [1.165, 1.54) is 11.3 Å². The largest absolute Gasteiger partial charge is 0.325 e. The second-order valence-electron chi connectivity index (χ2n) is 5.19. The van der Waals surface area contributed by atoms with Crippen LogP contribution in [0.4, 0.5) is 5.69 Å². The number of hydrogen-bond acceptors (Lipinski definition) is 5. The van der Waals surface area contributed by atoms with Crippen LogP contribution in [0.15, 0.2) is 66.0 Å². The second-order valence-corrected chi connectivity index (χ2v) is 6.04. The molecule has 0 radical (unpaired) electrons. The van der Waals surface area contributed by atoms with Gasteiger partial charge in [0.15, 0.2) is 5.92 Å². The highest BCUT2D eigenvalue weighted by Crippen LogP contribution is 2.24. The van der Waals surface area contributed by atoms with Crippen molar-refractivity contribution in [3.63, 3.8) is 0 Å². The van der Waals surface area contributed by atoms with Crippen molar-refractivity contribution in [3.05, 3.63) is 71.7 Å². The molecule has 2 aromatic carbocycles. The van der Waals surface area contributed by atoms with Gasteiger partial charge in [-0.2, -0.15) is 5.26 Å². The zero-order valence-corrected chi connectivity index (χ0v) is 13.9. The third-order valence-electron chi connectivity index (χ3n) is 3.47. The summed E-state index contributed by atoms with van der Waals surface area (Å²) in [4.78, 5) is 29.0. The minimum absolute atomic E-state index is 0.124. The Labute approximate surface area is 148 Å². The van der Waals surface area contributed by atoms with Crippen LogP contribution in [0.3, 0.4) is 0 Å². The first-order valence-electron chi connectivity index (χ1n) is 7.49. The lowest BCUT2D eigenvalue weighted by molar-refractivity contribution is -0.117. The number of nitriles is 1. The molecule has 3 rings (SSSR count). The SMILES string of the molecule is N#CC(C(=O)Nc1ccccc1)C(=O)c1csc(-c2ccccc2)n1. The van der Waals surface area contributed by atoms with Gasteiger partial charge in [-0.1, -0.05) is 48.5 Å². The maximum Gasteiger partial charge on any atom is 0.249 e. The first-order chi connectivity index (χ1) is 12.2. The van der Waals surface area contributed by atoms with Crippen molar-refractivity contribution in [2.75, 3.05) is 5.32 Å². The molecule has 0 saturated carbocycles. The number of rotatable bonds is 5. The standard InChI is InChI=1S/C19H13N3O2S/c20-11-15(18(24)21-14-9-5-2-6-10-14)17(23)16-12-25-19(22-16)13-7-3-1-4-8-13/h1-10,12,15H,(H,21,24). The van der Waals surface area contributed by atoms with E-state index in [9.17, 15) is 14.9 Å². The number of anilines is 1. The van der Waals surface area contributed by atoms with E-state index in [1.54, 1.807) is 35.7 Å². The highest BCUT2D eigenvalue weighted by atomic mass is 32.1. The van der Waals surface area contributed by atoms with Crippen LogP contribution in [-0.4, -0.2) is 16.7 Å². The number of nitrogens with one attached hydrogen (secondary N) is 1. The number of ketones is 1. The van der Waals surface area contributed by atoms with Gasteiger partial charge >= 0.3 is 0 Å². The fourth-order valence-electron chi connectivity index (χ4n) is 2.22. The van der Waals surface area contributed by atoms with E-state index in [-0.39, 0.29) is 5.69 Å². The molecule has 1 aromatic heterocycles. The first kappa shape index (κ1) is 16.6. The van der Waals surface area contributed by atoms with Gasteiger partial charge in [-0.3, -0.25) is 9.59 Å². The molecule has 25 heavy (non-hydrogen) atoms. The van der Waals surface area contributed by atoms with Gasteiger partial charge in [0.25, 0.3) is 0 Å². The van der Waals surface area contributed by atoms with Crippen molar-refractivity contribution in [2.24, 2.45) is 5.92 Å². The molecule has 1 unspecified atom stereocenters. The minimum Gasteiger partial charge on any atom is -0.325 e. The molecule has 0 bridgehead atoms. The number of Topliss-reactive ketones (excluding diaryl/α,β-unsaturated/α-hetero) is 1. The predicted octanol–water partition coefficient (Wildman–Crippen LogP) is 3.77. The quantitative estimate of drug-likeness (QED) is 0.562. The van der Waals surface area contributed by atoms with Gasteiger partial charge in [0.1, 0.15) is 10.7 Å². The summed E-state index contributed by atoms with van der Waals surface area (Å²) in [5, 5.41) is 14.1. The molecule has 5 nitrogen and oxygen atoms in total. The molecular weight excluding hydrogens is 334 g/mol. The zero-order chi connectivity index (χ0) is 17.6. The molecule has 122 valence electrons. The van der Waals surface area contributed by atoms with Gasteiger partial charge in [-0.15, -0.1) is 11.3 Å². The second kappa shape index (κ2) is 7.51. The van der Waals surface area contributed by atoms with Crippen LogP contribution in [0, 0.1) is 17.2 Å². The van der Waals surface area contributed by atoms with Crippen LogP contribution in [0.25, 0.3) is 10.6 Å². The molecule has 1 amide bonds. The Balaban J connectivity index is 1.78. The fourth-order valence-corrected chi connectivity index (χ4v) is 3.04. The van der Waals surface area contributed by atoms with Crippen LogP contribution >= 0.6 is 11.3 Å². The molecule has 3 aromatic rings. The summed E-state index contributed by atoms with van der Waals surface area (Å²) in [5.74, 6) is -2.70. The fraction of sp³-hybridized carbons (Fsp3) is 0.0526. The summed E-state index contributed by atoms with van der Waals surface area (Å²) in [6.45, 7) is 0. The number of benzene rings is 2. The molecule has 0 saturated heterocycles. The van der Waals surface area contributed by atoms with E-state index in [1.807, 2.05) is 36.4 Å². The maximum absolute atomic E-state index is 12.5. The highest BCUT2D eigenvalue weighted by molar-refractivity contribution is 7.13. The number of hydrogen-bond donors (Lipinski definition) is 1. The topological polar surface area (TPSA) is 82.9 Å². The lowest BCUT2D eigenvalue weighted by Crippen LogP contribution is -2.28. The van der Waals surface area contributed by atoms with Gasteiger partial charge in [-0.05, 0) is 12.1 Å². The first-order valence-corrected chi connectivity index (χ1v) is 8.37. The van der Waals surface area contributed by atoms with Crippen LogP contribution < -0.4 is 5.32 Å². The summed E-state index contributed by atoms with van der Waals surface area (Å²) in [7, 11) is 0. The summed E-state index contributed by atoms with van der Waals surface area (Å²) in [6, 6.07) is 19.9. The Hall–Kier alpha value is -3.30. The molecular formula is C19H13N3O2S. The van der Waals surface area contributed by atoms with Crippen LogP contribution in [0.1, 0.15) is 10.5 Å². The number of amides is 1. The van der Waals surface area contributed by atoms with Crippen LogP contribution in [0.5, 0.6) is 0 Å². The average Bonchev–Trinajstić information content (AvgIpc) is 3.14. The van der Waals surface area contributed by atoms with Crippen LogP contribution in [0.2, 0.25) is 0 Å². The zero-order valence-electron chi connectivity index (χ0n) is 13.0. The smallest absolute Gasteiger partial charge is 0.249 e. The Bertz CT molecular complexity index is 930. The number of thiazole rings is 1. The molecule has 0 fully saturated rings. The lowest BCUT2D eigenvalue weighted by atomic mass is 10.0. The molecule has 0 aliphatic carbocycles. The van der Waals surface area contributed by atoms with E-state index < -0.39 is 17.6 Å². The maximum atomic E-state index is 12.5. The predicted molar refractivity (Wildman–Crippen MR) is 96.1 cm³/mol. The van der Waals surface area contributed by atoms with Crippen molar-refractivity contribution in [1.29, 1.82) is 5.26 Å². The number of para-hydroxylation sites is 1. The molecule has 1 heterocycles. The average molecular weight is 347 g/mol. The van der Waals surface area contributed by atoms with E-state index in [0.717, 1.165) is 5.56 Å². The van der Waals surface area contributed by atoms with E-state index >= 15 is 0 Å². The van der Waals surface area contributed by atoms with Crippen molar-refractivity contribution in [3.8, 4) is 16.6 Å². The molecule has 0 aliphatic heterocycles. The van der Waals surface area contributed by atoms with Crippen molar-refractivity contribution in [2.45, 2.75) is 0 Å². The summed E-state index contributed by atoms with van der Waals surface area (Å²) in [5.41, 5.74) is 1.54. The Morgan fingerprint density at radius 2 is 1.68 bits per heavy atom. The molecule has 6 heteroatoms. The number of aromatic nitrogens is 1. The van der Waals surface area contributed by atoms with Gasteiger partial charge in [0.05, 0.1) is 6.07 Å². The summed E-state index contributed by atoms with van der Waals surface area (Å²) < 4.78 is 0. The summed E-state index contributed by atoms with van der Waals surface area (Å²) in [6.07, 6.45) is 0. The number of carbonyl (C=O) groups excluding carboxylic acids is 2. The van der Waals surface area contributed by atoms with Gasteiger partial charge in [0.2, 0.25) is 11.7 Å². The third-order valence-corrected chi connectivity index (χ3v) is 4.36. The summed E-state index contributed by atoms with van der Waals surface area (Å²) >= 11 is 1.30. The Morgan fingerprint density at radius 1 is 1.04 bits per heavy atom. The normalized spacial score (nSPS) is 11.3. The van der Waals surface area contributed by atoms with Crippen molar-refractivity contribution in [1.82, 2.24) is 4.98 Å². The molecule has 1 atom stereocenters. The van der Waals surface area contributed by atoms with Gasteiger partial charge in [0, 0.05) is 16.6 Å². The minimum atomic E-state index is -1.44. The third kappa shape index (κ3) is 3.79. The molecule has 0 spiro atoms. The van der Waals surface area contributed by atoms with E-state index in [4.69, 9.17) is 0 Å². The highest BCUT2D eigenvalue weighted by Gasteiger charge is 2.29. The van der Waals surface area contributed by atoms with Gasteiger partial charge < -0.3 is 5.32 Å². The Kier molecular flexibility index (Phi) is 4.97. The number of carbonyl (C=O) groups is 2.